The second-order valence-electron chi connectivity index (χ2n) is 4.93. The summed E-state index contributed by atoms with van der Waals surface area (Å²) in [5.74, 6) is -0.160. The number of nitrogens with zero attached hydrogens (tertiary/aromatic N) is 1. The van der Waals surface area contributed by atoms with Crippen LogP contribution in [-0.2, 0) is 4.79 Å². The van der Waals surface area contributed by atoms with Crippen LogP contribution in [0.3, 0.4) is 0 Å². The summed E-state index contributed by atoms with van der Waals surface area (Å²) in [7, 11) is 0. The van der Waals surface area contributed by atoms with E-state index < -0.39 is 0 Å². The molecule has 0 atom stereocenters. The van der Waals surface area contributed by atoms with E-state index in [4.69, 9.17) is 23.2 Å². The highest BCUT2D eigenvalue weighted by molar-refractivity contribution is 7.99. The highest BCUT2D eigenvalue weighted by Crippen LogP contribution is 2.26. The summed E-state index contributed by atoms with van der Waals surface area (Å²) in [5, 5.41) is 6.45. The molecular weight excluding hydrogens is 389 g/mol. The number of benzene rings is 1. The monoisotopic (exact) mass is 399 g/mol. The number of fused-ring (bicyclic) bond motifs is 1. The number of carbonyl (C=O) groups is 1. The highest BCUT2D eigenvalue weighted by Gasteiger charge is 2.11. The Balaban J connectivity index is 1.69. The molecule has 2 aromatic heterocycles. The number of anilines is 1. The number of rotatable bonds is 4. The summed E-state index contributed by atoms with van der Waals surface area (Å²) in [6.07, 6.45) is 0. The lowest BCUT2D eigenvalue weighted by Crippen LogP contribution is -2.15. The molecule has 0 radical (unpaired) electrons. The Morgan fingerprint density at radius 1 is 1.42 bits per heavy atom. The number of amides is 1. The number of aromatic amines is 1. The van der Waals surface area contributed by atoms with Crippen molar-refractivity contribution in [1.29, 1.82) is 0 Å². The average Bonchev–Trinajstić information content (AvgIpc) is 2.90. The third-order valence-corrected chi connectivity index (χ3v) is 5.56. The maximum absolute atomic E-state index is 12.1. The third kappa shape index (κ3) is 3.75. The van der Waals surface area contributed by atoms with Gasteiger partial charge in [0, 0.05) is 5.02 Å². The number of H-pyrrole nitrogens is 1. The van der Waals surface area contributed by atoms with Gasteiger partial charge in [0.05, 0.1) is 21.8 Å². The Morgan fingerprint density at radius 3 is 2.96 bits per heavy atom. The second kappa shape index (κ2) is 7.14. The van der Waals surface area contributed by atoms with Crippen LogP contribution in [0.4, 0.5) is 5.69 Å². The molecule has 2 N–H and O–H groups in total. The number of hydrogen-bond acceptors (Lipinski definition) is 5. The minimum atomic E-state index is -0.255. The minimum Gasteiger partial charge on any atom is -0.324 e. The summed E-state index contributed by atoms with van der Waals surface area (Å²) in [4.78, 5) is 31.8. The first-order chi connectivity index (χ1) is 11.4. The lowest BCUT2D eigenvalue weighted by molar-refractivity contribution is -0.113. The van der Waals surface area contributed by atoms with Gasteiger partial charge in [0.25, 0.3) is 5.56 Å². The highest BCUT2D eigenvalue weighted by atomic mass is 35.5. The normalized spacial score (nSPS) is 11.0. The van der Waals surface area contributed by atoms with Crippen LogP contribution in [0.1, 0.15) is 5.56 Å². The minimum absolute atomic E-state index is 0.0950. The average molecular weight is 400 g/mol. The van der Waals surface area contributed by atoms with Gasteiger partial charge in [-0.3, -0.25) is 9.59 Å². The molecular formula is C15H11Cl2N3O2S2. The Bertz CT molecular complexity index is 984. The van der Waals surface area contributed by atoms with Crippen LogP contribution in [0.2, 0.25) is 10.0 Å². The Kier molecular flexibility index (Phi) is 5.15. The molecule has 1 amide bonds. The topological polar surface area (TPSA) is 74.8 Å². The number of aryl methyl sites for hydroxylation is 1. The number of thiophene rings is 1. The fourth-order valence-corrected chi connectivity index (χ4v) is 4.14. The molecule has 24 heavy (non-hydrogen) atoms. The third-order valence-electron chi connectivity index (χ3n) is 3.15. The van der Waals surface area contributed by atoms with Crippen molar-refractivity contribution in [2.45, 2.75) is 12.1 Å². The SMILES string of the molecule is Cc1csc2nc(SCC(=O)Nc3ccc(Cl)cc3Cl)[nH]c(=O)c12. The van der Waals surface area contributed by atoms with Crippen LogP contribution in [0, 0.1) is 6.92 Å². The van der Waals surface area contributed by atoms with Gasteiger partial charge in [-0.05, 0) is 36.1 Å². The molecule has 9 heteroatoms. The standard InChI is InChI=1S/C15H11Cl2N3O2S2/c1-7-5-23-14-12(7)13(22)19-15(20-14)24-6-11(21)18-10-3-2-8(16)4-9(10)17/h2-5H,6H2,1H3,(H,18,21)(H,19,20,22). The maximum Gasteiger partial charge on any atom is 0.260 e. The van der Waals surface area contributed by atoms with Crippen LogP contribution in [0.15, 0.2) is 33.5 Å². The first-order valence-corrected chi connectivity index (χ1v) is 9.42. The maximum atomic E-state index is 12.1. The fraction of sp³-hybridized carbons (Fsp3) is 0.133. The number of carbonyl (C=O) groups excluding carboxylic acids is 1. The van der Waals surface area contributed by atoms with Gasteiger partial charge in [-0.15, -0.1) is 11.3 Å². The predicted molar refractivity (Wildman–Crippen MR) is 101 cm³/mol. The van der Waals surface area contributed by atoms with E-state index in [-0.39, 0.29) is 17.2 Å². The number of aromatic nitrogens is 2. The van der Waals surface area contributed by atoms with Crippen molar-refractivity contribution in [3.63, 3.8) is 0 Å². The van der Waals surface area contributed by atoms with E-state index in [1.54, 1.807) is 18.2 Å². The zero-order valence-electron chi connectivity index (χ0n) is 12.4. The summed E-state index contributed by atoms with van der Waals surface area (Å²) < 4.78 is 0. The first kappa shape index (κ1) is 17.3. The number of halogens is 2. The molecule has 2 heterocycles. The predicted octanol–water partition coefficient (Wildman–Crippen LogP) is 4.33. The molecule has 0 unspecified atom stereocenters. The van der Waals surface area contributed by atoms with E-state index in [9.17, 15) is 9.59 Å². The van der Waals surface area contributed by atoms with Gasteiger partial charge < -0.3 is 10.3 Å². The van der Waals surface area contributed by atoms with Gasteiger partial charge in [0.2, 0.25) is 5.91 Å². The molecule has 124 valence electrons. The van der Waals surface area contributed by atoms with Crippen LogP contribution in [0.5, 0.6) is 0 Å². The number of hydrogen-bond donors (Lipinski definition) is 2. The molecule has 1 aromatic carbocycles. The zero-order chi connectivity index (χ0) is 17.3. The smallest absolute Gasteiger partial charge is 0.260 e. The van der Waals surface area contributed by atoms with E-state index >= 15 is 0 Å². The van der Waals surface area contributed by atoms with Crippen molar-refractivity contribution in [2.24, 2.45) is 0 Å². The van der Waals surface area contributed by atoms with Crippen LogP contribution < -0.4 is 10.9 Å². The molecule has 0 aliphatic carbocycles. The van der Waals surface area contributed by atoms with Gasteiger partial charge in [-0.25, -0.2) is 4.98 Å². The van der Waals surface area contributed by atoms with Gasteiger partial charge in [0.1, 0.15) is 4.83 Å². The van der Waals surface area contributed by atoms with Gasteiger partial charge >= 0.3 is 0 Å². The van der Waals surface area contributed by atoms with E-state index in [0.29, 0.717) is 31.1 Å². The van der Waals surface area contributed by atoms with Crippen molar-refractivity contribution in [3.05, 3.63) is 49.5 Å². The zero-order valence-corrected chi connectivity index (χ0v) is 15.5. The van der Waals surface area contributed by atoms with Gasteiger partial charge in [-0.1, -0.05) is 35.0 Å². The molecule has 3 rings (SSSR count). The molecule has 0 fully saturated rings. The van der Waals surface area contributed by atoms with Gasteiger partial charge in [0.15, 0.2) is 5.16 Å². The Morgan fingerprint density at radius 2 is 2.21 bits per heavy atom. The number of thioether (sulfide) groups is 1. The molecule has 0 saturated carbocycles. The molecule has 3 aromatic rings. The van der Waals surface area contributed by atoms with Crippen molar-refractivity contribution in [1.82, 2.24) is 9.97 Å². The molecule has 0 aliphatic heterocycles. The van der Waals surface area contributed by atoms with E-state index in [1.807, 2.05) is 12.3 Å². The fourth-order valence-electron chi connectivity index (χ4n) is 2.05. The Hall–Kier alpha value is -1.54. The molecule has 0 bridgehead atoms. The van der Waals surface area contributed by atoms with Gasteiger partial charge in [-0.2, -0.15) is 0 Å². The molecule has 5 nitrogen and oxygen atoms in total. The van der Waals surface area contributed by atoms with Crippen molar-refractivity contribution < 1.29 is 4.79 Å². The lowest BCUT2D eigenvalue weighted by Gasteiger charge is -2.07. The quantitative estimate of drug-likeness (QED) is 0.505. The van der Waals surface area contributed by atoms with Crippen LogP contribution >= 0.6 is 46.3 Å². The summed E-state index contributed by atoms with van der Waals surface area (Å²) in [6, 6.07) is 4.83. The van der Waals surface area contributed by atoms with Crippen molar-refractivity contribution >= 4 is 68.1 Å². The molecule has 0 saturated heterocycles. The van der Waals surface area contributed by atoms with E-state index in [2.05, 4.69) is 15.3 Å². The van der Waals surface area contributed by atoms with Crippen molar-refractivity contribution in [2.75, 3.05) is 11.1 Å². The van der Waals surface area contributed by atoms with Crippen LogP contribution in [-0.4, -0.2) is 21.6 Å². The largest absolute Gasteiger partial charge is 0.324 e. The first-order valence-electron chi connectivity index (χ1n) is 6.80. The summed E-state index contributed by atoms with van der Waals surface area (Å²) in [6.45, 7) is 1.87. The summed E-state index contributed by atoms with van der Waals surface area (Å²) in [5.41, 5.74) is 1.19. The van der Waals surface area contributed by atoms with Crippen molar-refractivity contribution in [3.8, 4) is 0 Å². The Labute approximate surface area is 155 Å². The lowest BCUT2D eigenvalue weighted by atomic mass is 10.3. The summed E-state index contributed by atoms with van der Waals surface area (Å²) >= 11 is 14.4. The molecule has 0 aliphatic rings. The van der Waals surface area contributed by atoms with Crippen LogP contribution in [0.25, 0.3) is 10.2 Å². The van der Waals surface area contributed by atoms with E-state index in [1.165, 1.54) is 11.3 Å². The second-order valence-corrected chi connectivity index (χ2v) is 7.60. The number of nitrogens with one attached hydrogen (secondary N) is 2. The van der Waals surface area contributed by atoms with E-state index in [0.717, 1.165) is 17.3 Å². The molecule has 0 spiro atoms.